The number of carbonyl (C=O) groups is 1. The highest BCUT2D eigenvalue weighted by molar-refractivity contribution is 5.93. The van der Waals surface area contributed by atoms with Gasteiger partial charge in [0.15, 0.2) is 0 Å². The molecule has 0 aromatic heterocycles. The van der Waals surface area contributed by atoms with E-state index in [2.05, 4.69) is 5.32 Å². The number of benzene rings is 3. The lowest BCUT2D eigenvalue weighted by molar-refractivity contribution is -0.116. The molecule has 1 atom stereocenters. The molecular weight excluding hydrogens is 350 g/mol. The molecule has 0 aliphatic carbocycles. The third kappa shape index (κ3) is 4.52. The first-order chi connectivity index (χ1) is 13.6. The maximum Gasteiger partial charge on any atom is 0.225 e. The summed E-state index contributed by atoms with van der Waals surface area (Å²) in [5.74, 6) is 0.444. The fourth-order valence-electron chi connectivity index (χ4n) is 3.33. The predicted octanol–water partition coefficient (Wildman–Crippen LogP) is 5.12. The first-order valence-electron chi connectivity index (χ1n) is 9.42. The summed E-state index contributed by atoms with van der Waals surface area (Å²) < 4.78 is 5.31. The van der Waals surface area contributed by atoms with Crippen LogP contribution < -0.4 is 10.1 Å². The molecule has 3 aromatic carbocycles. The van der Waals surface area contributed by atoms with Crippen LogP contribution in [0, 0.1) is 0 Å². The van der Waals surface area contributed by atoms with Crippen molar-refractivity contribution in [2.75, 3.05) is 12.4 Å². The van der Waals surface area contributed by atoms with Crippen LogP contribution in [0.25, 0.3) is 0 Å². The number of nitrogens with one attached hydrogen (secondary N) is 1. The Labute approximate surface area is 165 Å². The molecule has 4 heteroatoms. The molecule has 0 radical (unpaired) electrons. The zero-order valence-corrected chi connectivity index (χ0v) is 16.2. The van der Waals surface area contributed by atoms with E-state index in [1.807, 2.05) is 67.6 Å². The SMILES string of the molecule is CCc1ccc(C(CC(=O)Nc2ccccc2OC)c2ccccc2)c(O)c1. The van der Waals surface area contributed by atoms with Gasteiger partial charge in [0.05, 0.1) is 12.8 Å². The van der Waals surface area contributed by atoms with Gasteiger partial charge in [0, 0.05) is 17.9 Å². The monoisotopic (exact) mass is 375 g/mol. The van der Waals surface area contributed by atoms with Crippen LogP contribution in [-0.2, 0) is 11.2 Å². The van der Waals surface area contributed by atoms with Crippen LogP contribution >= 0.6 is 0 Å². The van der Waals surface area contributed by atoms with Crippen molar-refractivity contribution in [2.45, 2.75) is 25.7 Å². The second-order valence-electron chi connectivity index (χ2n) is 6.66. The molecule has 3 aromatic rings. The lowest BCUT2D eigenvalue weighted by Gasteiger charge is -2.20. The van der Waals surface area contributed by atoms with E-state index >= 15 is 0 Å². The number of phenolic OH excluding ortho intramolecular Hbond substituents is 1. The van der Waals surface area contributed by atoms with Gasteiger partial charge in [-0.3, -0.25) is 4.79 Å². The number of rotatable bonds is 7. The second kappa shape index (κ2) is 9.09. The van der Waals surface area contributed by atoms with E-state index in [0.717, 1.165) is 23.1 Å². The normalized spacial score (nSPS) is 11.6. The minimum Gasteiger partial charge on any atom is -0.508 e. The maximum atomic E-state index is 12.8. The van der Waals surface area contributed by atoms with Gasteiger partial charge in [-0.1, -0.05) is 61.5 Å². The Balaban J connectivity index is 1.89. The van der Waals surface area contributed by atoms with Crippen molar-refractivity contribution < 1.29 is 14.6 Å². The van der Waals surface area contributed by atoms with Gasteiger partial charge in [0.1, 0.15) is 11.5 Å². The number of phenols is 1. The molecule has 0 saturated carbocycles. The van der Waals surface area contributed by atoms with Crippen molar-refractivity contribution in [2.24, 2.45) is 0 Å². The largest absolute Gasteiger partial charge is 0.508 e. The molecule has 3 rings (SSSR count). The van der Waals surface area contributed by atoms with Crippen LogP contribution in [0.15, 0.2) is 72.8 Å². The summed E-state index contributed by atoms with van der Waals surface area (Å²) in [6, 6.07) is 22.8. The highest BCUT2D eigenvalue weighted by Crippen LogP contribution is 2.35. The van der Waals surface area contributed by atoms with Crippen molar-refractivity contribution in [3.63, 3.8) is 0 Å². The van der Waals surface area contributed by atoms with Gasteiger partial charge in [0.25, 0.3) is 0 Å². The Morgan fingerprint density at radius 2 is 1.75 bits per heavy atom. The van der Waals surface area contributed by atoms with E-state index in [1.165, 1.54) is 0 Å². The number of anilines is 1. The van der Waals surface area contributed by atoms with Crippen LogP contribution in [-0.4, -0.2) is 18.1 Å². The lowest BCUT2D eigenvalue weighted by Crippen LogP contribution is -2.17. The van der Waals surface area contributed by atoms with E-state index in [4.69, 9.17) is 4.74 Å². The summed E-state index contributed by atoms with van der Waals surface area (Å²) in [7, 11) is 1.57. The molecule has 0 aliphatic rings. The zero-order chi connectivity index (χ0) is 19.9. The smallest absolute Gasteiger partial charge is 0.225 e. The number of ether oxygens (including phenoxy) is 1. The second-order valence-corrected chi connectivity index (χ2v) is 6.66. The number of hydrogen-bond acceptors (Lipinski definition) is 3. The number of methoxy groups -OCH3 is 1. The zero-order valence-electron chi connectivity index (χ0n) is 16.2. The van der Waals surface area contributed by atoms with Gasteiger partial charge in [-0.2, -0.15) is 0 Å². The van der Waals surface area contributed by atoms with Crippen LogP contribution in [0.3, 0.4) is 0 Å². The Bertz CT molecular complexity index is 938. The van der Waals surface area contributed by atoms with Gasteiger partial charge in [-0.05, 0) is 35.7 Å². The summed E-state index contributed by atoms with van der Waals surface area (Å²) in [5, 5.41) is 13.5. The summed E-state index contributed by atoms with van der Waals surface area (Å²) in [4.78, 5) is 12.8. The molecule has 144 valence electrons. The van der Waals surface area contributed by atoms with Crippen LogP contribution in [0.5, 0.6) is 11.5 Å². The van der Waals surface area contributed by atoms with Crippen molar-refractivity contribution in [3.05, 3.63) is 89.5 Å². The molecule has 0 bridgehead atoms. The van der Waals surface area contributed by atoms with Gasteiger partial charge in [-0.25, -0.2) is 0 Å². The van der Waals surface area contributed by atoms with Crippen LogP contribution in [0.1, 0.15) is 36.0 Å². The molecule has 1 amide bonds. The highest BCUT2D eigenvalue weighted by Gasteiger charge is 2.22. The molecule has 0 fully saturated rings. The van der Waals surface area contributed by atoms with Gasteiger partial charge in [0.2, 0.25) is 5.91 Å². The summed E-state index contributed by atoms with van der Waals surface area (Å²) in [6.45, 7) is 2.05. The molecule has 0 spiro atoms. The molecular formula is C24H25NO3. The van der Waals surface area contributed by atoms with Gasteiger partial charge >= 0.3 is 0 Å². The quantitative estimate of drug-likeness (QED) is 0.602. The van der Waals surface area contributed by atoms with Gasteiger partial charge in [-0.15, -0.1) is 0 Å². The van der Waals surface area contributed by atoms with E-state index in [0.29, 0.717) is 11.4 Å². The Morgan fingerprint density at radius 3 is 2.43 bits per heavy atom. The van der Waals surface area contributed by atoms with E-state index < -0.39 is 0 Å². The first kappa shape index (κ1) is 19.5. The predicted molar refractivity (Wildman–Crippen MR) is 112 cm³/mol. The minimum absolute atomic E-state index is 0.141. The third-order valence-electron chi connectivity index (χ3n) is 4.85. The average molecular weight is 375 g/mol. The summed E-state index contributed by atoms with van der Waals surface area (Å²) in [5.41, 5.74) is 3.43. The minimum atomic E-state index is -0.248. The Kier molecular flexibility index (Phi) is 6.33. The van der Waals surface area contributed by atoms with Gasteiger partial charge < -0.3 is 15.2 Å². The number of para-hydroxylation sites is 2. The number of aryl methyl sites for hydroxylation is 1. The van der Waals surface area contributed by atoms with Crippen molar-refractivity contribution >= 4 is 11.6 Å². The topological polar surface area (TPSA) is 58.6 Å². The molecule has 0 aliphatic heterocycles. The van der Waals surface area contributed by atoms with Crippen molar-refractivity contribution in [3.8, 4) is 11.5 Å². The molecule has 28 heavy (non-hydrogen) atoms. The van der Waals surface area contributed by atoms with Crippen LogP contribution in [0.4, 0.5) is 5.69 Å². The molecule has 0 saturated heterocycles. The number of hydrogen-bond donors (Lipinski definition) is 2. The average Bonchev–Trinajstić information content (AvgIpc) is 2.73. The molecule has 4 nitrogen and oxygen atoms in total. The standard InChI is InChI=1S/C24H25NO3/c1-3-17-13-14-19(22(26)15-17)20(18-9-5-4-6-10-18)16-24(27)25-21-11-7-8-12-23(21)28-2/h4-15,20,26H,3,16H2,1-2H3,(H,25,27). The molecule has 0 heterocycles. The fourth-order valence-corrected chi connectivity index (χ4v) is 3.33. The highest BCUT2D eigenvalue weighted by atomic mass is 16.5. The lowest BCUT2D eigenvalue weighted by atomic mass is 9.87. The van der Waals surface area contributed by atoms with E-state index in [1.54, 1.807) is 19.2 Å². The van der Waals surface area contributed by atoms with Crippen molar-refractivity contribution in [1.82, 2.24) is 0 Å². The van der Waals surface area contributed by atoms with Crippen molar-refractivity contribution in [1.29, 1.82) is 0 Å². The Morgan fingerprint density at radius 1 is 1.04 bits per heavy atom. The maximum absolute atomic E-state index is 12.8. The number of carbonyl (C=O) groups excluding carboxylic acids is 1. The van der Waals surface area contributed by atoms with Crippen LogP contribution in [0.2, 0.25) is 0 Å². The summed E-state index contributed by atoms with van der Waals surface area (Å²) in [6.07, 6.45) is 1.05. The van der Waals surface area contributed by atoms with E-state index in [9.17, 15) is 9.90 Å². The Hall–Kier alpha value is -3.27. The molecule has 2 N–H and O–H groups in total. The molecule has 1 unspecified atom stereocenters. The third-order valence-corrected chi connectivity index (χ3v) is 4.85. The summed E-state index contributed by atoms with van der Waals surface area (Å²) >= 11 is 0. The number of amides is 1. The number of aromatic hydroxyl groups is 1. The fraction of sp³-hybridized carbons (Fsp3) is 0.208. The first-order valence-corrected chi connectivity index (χ1v) is 9.42. The van der Waals surface area contributed by atoms with E-state index in [-0.39, 0.29) is 24.0 Å².